The van der Waals surface area contributed by atoms with E-state index < -0.39 is 5.82 Å². The van der Waals surface area contributed by atoms with Crippen LogP contribution >= 0.6 is 0 Å². The number of hydrogen-bond acceptors (Lipinski definition) is 3. The van der Waals surface area contributed by atoms with Crippen molar-refractivity contribution in [3.05, 3.63) is 29.6 Å². The number of ether oxygens (including phenoxy) is 1. The Morgan fingerprint density at radius 3 is 3.00 bits per heavy atom. The van der Waals surface area contributed by atoms with E-state index in [1.54, 1.807) is 12.1 Å². The molecule has 1 aromatic carbocycles. The molecule has 5 heteroatoms. The van der Waals surface area contributed by atoms with Crippen molar-refractivity contribution in [1.82, 2.24) is 0 Å². The normalized spacial score (nSPS) is 19.2. The van der Waals surface area contributed by atoms with Gasteiger partial charge in [0.25, 0.3) is 0 Å². The maximum atomic E-state index is 13.8. The molecular formula is C14H20FN3O. The number of nitrogens with one attached hydrogen (secondary N) is 1. The van der Waals surface area contributed by atoms with E-state index >= 15 is 0 Å². The number of nitrogen functional groups attached to an aromatic ring is 1. The standard InChI is InChI=1S/C14H20FN3O/c1-18(8-10-4-3-7-19-9-10)12-6-2-5-11(15)13(12)14(16)17/h2,5-6,10H,3-4,7-9H2,1H3,(H3,16,17). The zero-order valence-corrected chi connectivity index (χ0v) is 11.2. The van der Waals surface area contributed by atoms with Crippen molar-refractivity contribution in [2.45, 2.75) is 12.8 Å². The molecule has 19 heavy (non-hydrogen) atoms. The number of nitrogens with two attached hydrogens (primary N) is 1. The van der Waals surface area contributed by atoms with Crippen molar-refractivity contribution < 1.29 is 9.13 Å². The third-order valence-corrected chi connectivity index (χ3v) is 3.46. The van der Waals surface area contributed by atoms with E-state index in [0.29, 0.717) is 11.6 Å². The fraction of sp³-hybridized carbons (Fsp3) is 0.500. The molecule has 1 saturated heterocycles. The number of halogens is 1. The molecule has 1 fully saturated rings. The molecule has 0 saturated carbocycles. The first-order valence-corrected chi connectivity index (χ1v) is 6.51. The van der Waals surface area contributed by atoms with Gasteiger partial charge in [-0.15, -0.1) is 0 Å². The van der Waals surface area contributed by atoms with Crippen LogP contribution in [-0.4, -0.2) is 32.6 Å². The predicted octanol–water partition coefficient (Wildman–Crippen LogP) is 1.97. The summed E-state index contributed by atoms with van der Waals surface area (Å²) in [5, 5.41) is 7.52. The summed E-state index contributed by atoms with van der Waals surface area (Å²) in [7, 11) is 1.90. The number of rotatable bonds is 4. The molecule has 0 amide bonds. The van der Waals surface area contributed by atoms with Gasteiger partial charge in [0, 0.05) is 20.2 Å². The summed E-state index contributed by atoms with van der Waals surface area (Å²) in [5.74, 6) is -0.238. The molecule has 1 atom stereocenters. The third-order valence-electron chi connectivity index (χ3n) is 3.46. The van der Waals surface area contributed by atoms with Gasteiger partial charge in [0.2, 0.25) is 0 Å². The van der Waals surface area contributed by atoms with Gasteiger partial charge < -0.3 is 15.4 Å². The Hall–Kier alpha value is -1.62. The lowest BCUT2D eigenvalue weighted by Gasteiger charge is -2.29. The molecule has 0 radical (unpaired) electrons. The zero-order valence-electron chi connectivity index (χ0n) is 11.2. The van der Waals surface area contributed by atoms with Crippen molar-refractivity contribution in [1.29, 1.82) is 5.41 Å². The minimum atomic E-state index is -0.447. The molecule has 1 aliphatic heterocycles. The number of benzene rings is 1. The average molecular weight is 265 g/mol. The van der Waals surface area contributed by atoms with Gasteiger partial charge in [-0.1, -0.05) is 6.07 Å². The van der Waals surface area contributed by atoms with Gasteiger partial charge in [-0.3, -0.25) is 5.41 Å². The smallest absolute Gasteiger partial charge is 0.136 e. The molecule has 0 bridgehead atoms. The van der Waals surface area contributed by atoms with Crippen LogP contribution in [0.1, 0.15) is 18.4 Å². The van der Waals surface area contributed by atoms with E-state index in [0.717, 1.165) is 32.6 Å². The monoisotopic (exact) mass is 265 g/mol. The Labute approximate surface area is 112 Å². The lowest BCUT2D eigenvalue weighted by atomic mass is 10.0. The summed E-state index contributed by atoms with van der Waals surface area (Å²) in [6, 6.07) is 4.77. The SMILES string of the molecule is CN(CC1CCCOC1)c1cccc(F)c1C(=N)N. The summed E-state index contributed by atoms with van der Waals surface area (Å²) in [5.41, 5.74) is 6.33. The van der Waals surface area contributed by atoms with Gasteiger partial charge in [-0.25, -0.2) is 4.39 Å². The lowest BCUT2D eigenvalue weighted by molar-refractivity contribution is 0.0576. The topological polar surface area (TPSA) is 62.3 Å². The number of hydrogen-bond donors (Lipinski definition) is 2. The fourth-order valence-corrected chi connectivity index (χ4v) is 2.53. The molecule has 1 aromatic rings. The molecule has 2 rings (SSSR count). The van der Waals surface area contributed by atoms with Crippen LogP contribution in [0.5, 0.6) is 0 Å². The van der Waals surface area contributed by atoms with Crippen LogP contribution in [0.2, 0.25) is 0 Å². The van der Waals surface area contributed by atoms with Crippen molar-refractivity contribution in [2.24, 2.45) is 11.7 Å². The van der Waals surface area contributed by atoms with Crippen LogP contribution in [0.25, 0.3) is 0 Å². The summed E-state index contributed by atoms with van der Waals surface area (Å²) in [6.07, 6.45) is 2.19. The highest BCUT2D eigenvalue weighted by Gasteiger charge is 2.19. The molecule has 3 N–H and O–H groups in total. The highest BCUT2D eigenvalue weighted by atomic mass is 19.1. The highest BCUT2D eigenvalue weighted by Crippen LogP contribution is 2.24. The first-order valence-electron chi connectivity index (χ1n) is 6.51. The van der Waals surface area contributed by atoms with E-state index in [1.165, 1.54) is 6.07 Å². The van der Waals surface area contributed by atoms with E-state index in [2.05, 4.69) is 0 Å². The van der Waals surface area contributed by atoms with Crippen molar-refractivity contribution in [3.63, 3.8) is 0 Å². The second-order valence-corrected chi connectivity index (χ2v) is 5.01. The Balaban J connectivity index is 2.16. The summed E-state index contributed by atoms with van der Waals surface area (Å²) in [6.45, 7) is 2.36. The molecule has 1 heterocycles. The number of amidine groups is 1. The van der Waals surface area contributed by atoms with Crippen LogP contribution in [0, 0.1) is 17.1 Å². The van der Waals surface area contributed by atoms with Gasteiger partial charge in [0.15, 0.2) is 0 Å². The third kappa shape index (κ3) is 3.23. The zero-order chi connectivity index (χ0) is 13.8. The van der Waals surface area contributed by atoms with Crippen LogP contribution in [-0.2, 0) is 4.74 Å². The Morgan fingerprint density at radius 2 is 2.37 bits per heavy atom. The van der Waals surface area contributed by atoms with E-state index in [4.69, 9.17) is 15.9 Å². The first-order chi connectivity index (χ1) is 9.09. The maximum Gasteiger partial charge on any atom is 0.136 e. The molecule has 0 spiro atoms. The quantitative estimate of drug-likeness (QED) is 0.646. The summed E-state index contributed by atoms with van der Waals surface area (Å²) < 4.78 is 19.2. The van der Waals surface area contributed by atoms with Crippen LogP contribution in [0.3, 0.4) is 0 Å². The number of nitrogens with zero attached hydrogens (tertiary/aromatic N) is 1. The van der Waals surface area contributed by atoms with Crippen molar-refractivity contribution in [2.75, 3.05) is 31.7 Å². The molecule has 4 nitrogen and oxygen atoms in total. The largest absolute Gasteiger partial charge is 0.384 e. The van der Waals surface area contributed by atoms with Gasteiger partial charge in [0.05, 0.1) is 17.9 Å². The molecule has 0 aromatic heterocycles. The highest BCUT2D eigenvalue weighted by molar-refractivity contribution is 6.00. The Bertz CT molecular complexity index is 458. The molecular weight excluding hydrogens is 245 g/mol. The first kappa shape index (κ1) is 13.8. The Kier molecular flexibility index (Phi) is 4.37. The molecule has 104 valence electrons. The minimum absolute atomic E-state index is 0.182. The Morgan fingerprint density at radius 1 is 1.58 bits per heavy atom. The van der Waals surface area contributed by atoms with Crippen LogP contribution in [0.4, 0.5) is 10.1 Å². The fourth-order valence-electron chi connectivity index (χ4n) is 2.53. The maximum absolute atomic E-state index is 13.8. The van der Waals surface area contributed by atoms with Gasteiger partial charge in [-0.2, -0.15) is 0 Å². The van der Waals surface area contributed by atoms with Crippen LogP contribution in [0.15, 0.2) is 18.2 Å². The van der Waals surface area contributed by atoms with E-state index in [1.807, 2.05) is 11.9 Å². The van der Waals surface area contributed by atoms with Gasteiger partial charge >= 0.3 is 0 Å². The van der Waals surface area contributed by atoms with Crippen LogP contribution < -0.4 is 10.6 Å². The van der Waals surface area contributed by atoms with E-state index in [9.17, 15) is 4.39 Å². The summed E-state index contributed by atoms with van der Waals surface area (Å²) >= 11 is 0. The average Bonchev–Trinajstić information content (AvgIpc) is 2.39. The minimum Gasteiger partial charge on any atom is -0.384 e. The van der Waals surface area contributed by atoms with Crippen molar-refractivity contribution in [3.8, 4) is 0 Å². The molecule has 1 unspecified atom stereocenters. The molecule has 0 aliphatic carbocycles. The second-order valence-electron chi connectivity index (χ2n) is 5.01. The van der Waals surface area contributed by atoms with Gasteiger partial charge in [-0.05, 0) is 30.9 Å². The molecule has 1 aliphatic rings. The summed E-state index contributed by atoms with van der Waals surface area (Å²) in [4.78, 5) is 1.96. The van der Waals surface area contributed by atoms with Crippen molar-refractivity contribution >= 4 is 11.5 Å². The van der Waals surface area contributed by atoms with Gasteiger partial charge in [0.1, 0.15) is 11.7 Å². The number of anilines is 1. The predicted molar refractivity (Wildman–Crippen MR) is 74.2 cm³/mol. The van der Waals surface area contributed by atoms with E-state index in [-0.39, 0.29) is 11.4 Å². The lowest BCUT2D eigenvalue weighted by Crippen LogP contribution is -2.32. The second kappa shape index (κ2) is 6.02.